The molecule has 3 fully saturated rings. The predicted molar refractivity (Wildman–Crippen MR) is 238 cm³/mol. The van der Waals surface area contributed by atoms with Gasteiger partial charge in [-0.2, -0.15) is 12.7 Å². The molecule has 3 aliphatic rings. The number of hydrogen-bond acceptors (Lipinski definition) is 11. The number of anilines is 2. The third-order valence-corrected chi connectivity index (χ3v) is 14.2. The van der Waals surface area contributed by atoms with Gasteiger partial charge in [-0.15, -0.1) is 0 Å². The van der Waals surface area contributed by atoms with Gasteiger partial charge in [-0.1, -0.05) is 12.1 Å². The molecule has 0 bridgehead atoms. The Labute approximate surface area is 375 Å². The van der Waals surface area contributed by atoms with Crippen molar-refractivity contribution in [1.82, 2.24) is 19.2 Å². The van der Waals surface area contributed by atoms with E-state index < -0.39 is 57.0 Å². The number of nitrogens with zero attached hydrogens (tertiary/aromatic N) is 4. The van der Waals surface area contributed by atoms with Crippen molar-refractivity contribution in [3.05, 3.63) is 107 Å². The Kier molecular flexibility index (Phi) is 13.2. The Morgan fingerprint density at radius 1 is 0.892 bits per heavy atom. The molecule has 1 atom stereocenters. The minimum atomic E-state index is -4.36. The Bertz CT molecular complexity index is 2700. The van der Waals surface area contributed by atoms with Gasteiger partial charge in [-0.3, -0.25) is 14.4 Å². The van der Waals surface area contributed by atoms with Crippen molar-refractivity contribution < 1.29 is 50.2 Å². The van der Waals surface area contributed by atoms with Crippen LogP contribution in [0.2, 0.25) is 0 Å². The van der Waals surface area contributed by atoms with Gasteiger partial charge in [-0.05, 0) is 93.1 Å². The van der Waals surface area contributed by atoms with Crippen LogP contribution in [0.15, 0.2) is 73.1 Å². The fraction of sp³-hybridized carbons (Fsp3) is 0.404. The molecule has 2 aliphatic heterocycles. The van der Waals surface area contributed by atoms with Gasteiger partial charge in [0.1, 0.15) is 29.5 Å². The van der Waals surface area contributed by atoms with Crippen LogP contribution in [-0.4, -0.2) is 117 Å². The zero-order valence-electron chi connectivity index (χ0n) is 36.5. The van der Waals surface area contributed by atoms with Crippen LogP contribution in [0.4, 0.5) is 24.5 Å². The molecule has 8 rings (SSSR count). The van der Waals surface area contributed by atoms with Crippen LogP contribution < -0.4 is 14.4 Å². The molecular formula is C47H51F3N6O8S. The lowest BCUT2D eigenvalue weighted by molar-refractivity contribution is -0.00664. The van der Waals surface area contributed by atoms with E-state index in [1.165, 1.54) is 32.5 Å². The fourth-order valence-corrected chi connectivity index (χ4v) is 10.3. The number of alkyl halides is 1. The Balaban J connectivity index is 0.874. The summed E-state index contributed by atoms with van der Waals surface area (Å²) in [7, 11) is -1.84. The summed E-state index contributed by atoms with van der Waals surface area (Å²) in [5, 5.41) is 0.329. The second kappa shape index (κ2) is 18.9. The van der Waals surface area contributed by atoms with E-state index in [0.29, 0.717) is 40.3 Å². The molecule has 18 heteroatoms. The number of methoxy groups -OCH3 is 2. The number of fused-ring (bicyclic) bond motifs is 1. The Hall–Kier alpha value is -5.98. The number of aromatic nitrogens is 2. The average Bonchev–Trinajstić information content (AvgIpc) is 3.94. The molecule has 0 unspecified atom stereocenters. The van der Waals surface area contributed by atoms with Gasteiger partial charge in [0.2, 0.25) is 5.78 Å². The summed E-state index contributed by atoms with van der Waals surface area (Å²) < 4.78 is 89.0. The number of halogens is 3. The summed E-state index contributed by atoms with van der Waals surface area (Å²) in [6.07, 6.45) is 5.34. The minimum absolute atomic E-state index is 0.00169. The lowest BCUT2D eigenvalue weighted by Gasteiger charge is -2.46. The number of hydrogen-bond donors (Lipinski definition) is 2. The SMILES string of the molecule is COC(=O)c1ccc(OC2CC(N(CC3CCN(c4ccc(-c5cnc6[nH]cc(C(=O)c7c(F)ccc(NS(=O)(=O)N8CC[C@@H](F)C8)c7F)c6c5)cc4)CC3)C(C)C)C2)cc1C(=O)OC. The third kappa shape index (κ3) is 9.56. The van der Waals surface area contributed by atoms with E-state index in [4.69, 9.17) is 14.2 Å². The number of H-pyrrole nitrogens is 1. The molecule has 0 spiro atoms. The smallest absolute Gasteiger partial charge is 0.338 e. The second-order valence-electron chi connectivity index (χ2n) is 17.1. The number of pyridine rings is 1. The number of ketones is 1. The van der Waals surface area contributed by atoms with Gasteiger partial charge in [0.05, 0.1) is 36.6 Å². The van der Waals surface area contributed by atoms with E-state index in [0.717, 1.165) is 73.0 Å². The molecular weight excluding hydrogens is 866 g/mol. The van der Waals surface area contributed by atoms with Crippen molar-refractivity contribution in [2.45, 2.75) is 70.3 Å². The maximum absolute atomic E-state index is 15.8. The van der Waals surface area contributed by atoms with E-state index >= 15 is 8.78 Å². The molecule has 0 radical (unpaired) electrons. The fourth-order valence-electron chi connectivity index (χ4n) is 9.01. The number of esters is 2. The molecule has 2 saturated heterocycles. The summed E-state index contributed by atoms with van der Waals surface area (Å²) in [6.45, 7) is 6.72. The molecule has 2 aromatic heterocycles. The second-order valence-corrected chi connectivity index (χ2v) is 18.8. The van der Waals surface area contributed by atoms with E-state index in [1.807, 2.05) is 29.0 Å². The van der Waals surface area contributed by atoms with Crippen molar-refractivity contribution in [1.29, 1.82) is 0 Å². The molecule has 2 N–H and O–H groups in total. The van der Waals surface area contributed by atoms with Gasteiger partial charge in [0, 0.05) is 92.2 Å². The van der Waals surface area contributed by atoms with Crippen LogP contribution >= 0.6 is 0 Å². The van der Waals surface area contributed by atoms with Crippen molar-refractivity contribution in [2.24, 2.45) is 5.92 Å². The number of benzene rings is 3. The Morgan fingerprint density at radius 2 is 1.60 bits per heavy atom. The maximum atomic E-state index is 15.8. The quantitative estimate of drug-likeness (QED) is 0.0788. The van der Waals surface area contributed by atoms with Crippen LogP contribution in [0.5, 0.6) is 5.75 Å². The zero-order chi connectivity index (χ0) is 46.2. The molecule has 65 heavy (non-hydrogen) atoms. The van der Waals surface area contributed by atoms with Crippen molar-refractivity contribution in [3.63, 3.8) is 0 Å². The van der Waals surface area contributed by atoms with E-state index in [-0.39, 0.29) is 42.3 Å². The van der Waals surface area contributed by atoms with Gasteiger partial charge in [0.15, 0.2) is 5.82 Å². The molecule has 4 heterocycles. The van der Waals surface area contributed by atoms with E-state index in [1.54, 1.807) is 18.3 Å². The largest absolute Gasteiger partial charge is 0.490 e. The van der Waals surface area contributed by atoms with Crippen molar-refractivity contribution in [2.75, 3.05) is 56.6 Å². The van der Waals surface area contributed by atoms with Crippen LogP contribution in [0.25, 0.3) is 22.2 Å². The molecule has 1 saturated carbocycles. The molecule has 14 nitrogen and oxygen atoms in total. The highest BCUT2D eigenvalue weighted by Gasteiger charge is 2.38. The van der Waals surface area contributed by atoms with Crippen LogP contribution in [-0.2, 0) is 19.7 Å². The van der Waals surface area contributed by atoms with Crippen LogP contribution in [0.1, 0.15) is 82.6 Å². The normalized spacial score (nSPS) is 19.4. The standard InChI is InChI=1S/C47H51F3N6O8S/c1-27(2)56(33-20-35(21-33)64-34-9-10-36(46(58)62-3)38(22-34)47(59)63-4)25-28-13-16-54(17-14-28)32-7-5-29(6-8-32)30-19-37-39(24-52-45(37)51-23-30)44(57)42-40(49)11-12-41(43(42)50)53-65(60,61)55-18-15-31(48)26-55/h5-12,19,22-24,27-28,31,33,35,53H,13-18,20-21,25-26H2,1-4H3,(H,51,52)/t31-,33?,35?/m1/s1. The number of nitrogens with one attached hydrogen (secondary N) is 2. The lowest BCUT2D eigenvalue weighted by atomic mass is 9.85. The number of carbonyl (C=O) groups is 3. The average molecular weight is 917 g/mol. The number of piperidine rings is 1. The zero-order valence-corrected chi connectivity index (χ0v) is 37.3. The predicted octanol–water partition coefficient (Wildman–Crippen LogP) is 7.55. The number of aromatic amines is 1. The lowest BCUT2D eigenvalue weighted by Crippen LogP contribution is -2.53. The Morgan fingerprint density at radius 3 is 2.26 bits per heavy atom. The number of ether oxygens (including phenoxy) is 3. The van der Waals surface area contributed by atoms with Crippen LogP contribution in [0.3, 0.4) is 0 Å². The highest BCUT2D eigenvalue weighted by molar-refractivity contribution is 7.90. The molecule has 3 aromatic carbocycles. The number of carbonyl (C=O) groups excluding carboxylic acids is 3. The van der Waals surface area contributed by atoms with Crippen molar-refractivity contribution in [3.8, 4) is 16.9 Å². The van der Waals surface area contributed by atoms with E-state index in [9.17, 15) is 27.2 Å². The monoisotopic (exact) mass is 916 g/mol. The van der Waals surface area contributed by atoms with E-state index in [2.05, 4.69) is 33.6 Å². The van der Waals surface area contributed by atoms with Gasteiger partial charge in [0.25, 0.3) is 0 Å². The topological polar surface area (TPSA) is 163 Å². The van der Waals surface area contributed by atoms with Gasteiger partial charge in [-0.25, -0.2) is 27.7 Å². The summed E-state index contributed by atoms with van der Waals surface area (Å²) in [5.74, 6) is -3.81. The summed E-state index contributed by atoms with van der Waals surface area (Å²) in [6, 6.07) is 16.9. The van der Waals surface area contributed by atoms with Gasteiger partial charge >= 0.3 is 22.1 Å². The first-order chi connectivity index (χ1) is 31.1. The van der Waals surface area contributed by atoms with Gasteiger partial charge < -0.3 is 24.1 Å². The van der Waals surface area contributed by atoms with Crippen molar-refractivity contribution >= 4 is 50.3 Å². The minimum Gasteiger partial charge on any atom is -0.490 e. The van der Waals surface area contributed by atoms with Crippen LogP contribution in [0, 0.1) is 17.6 Å². The third-order valence-electron chi connectivity index (χ3n) is 12.7. The molecule has 5 aromatic rings. The first kappa shape index (κ1) is 45.6. The number of rotatable bonds is 15. The first-order valence-electron chi connectivity index (χ1n) is 21.6. The highest BCUT2D eigenvalue weighted by atomic mass is 32.2. The first-order valence-corrected chi connectivity index (χ1v) is 23.1. The maximum Gasteiger partial charge on any atom is 0.338 e. The summed E-state index contributed by atoms with van der Waals surface area (Å²) in [4.78, 5) is 50.6. The molecule has 0 amide bonds. The summed E-state index contributed by atoms with van der Waals surface area (Å²) >= 11 is 0. The summed E-state index contributed by atoms with van der Waals surface area (Å²) in [5.41, 5.74) is 1.50. The molecule has 344 valence electrons. The highest BCUT2D eigenvalue weighted by Crippen LogP contribution is 2.36. The molecule has 1 aliphatic carbocycles.